The van der Waals surface area contributed by atoms with Crippen molar-refractivity contribution in [1.29, 1.82) is 0 Å². The van der Waals surface area contributed by atoms with Crippen LogP contribution in [0.5, 0.6) is 17.2 Å². The number of carbonyl (C=O) groups is 1. The Morgan fingerprint density at radius 3 is 2.00 bits per heavy atom. The zero-order valence-corrected chi connectivity index (χ0v) is 18.3. The van der Waals surface area contributed by atoms with E-state index in [9.17, 15) is 13.2 Å². The molecule has 0 saturated carbocycles. The number of amides is 1. The molecule has 3 rings (SSSR count). The average Bonchev–Trinajstić information content (AvgIpc) is 2.75. The fourth-order valence-electron chi connectivity index (χ4n) is 2.66. The number of sulfonamides is 1. The summed E-state index contributed by atoms with van der Waals surface area (Å²) in [5.74, 6) is 1.54. The van der Waals surface area contributed by atoms with Gasteiger partial charge in [-0.3, -0.25) is 9.10 Å². The largest absolute Gasteiger partial charge is 0.481 e. The average molecular weight is 441 g/mol. The van der Waals surface area contributed by atoms with Crippen LogP contribution in [0.15, 0.2) is 78.9 Å². The van der Waals surface area contributed by atoms with Crippen LogP contribution in [0, 0.1) is 0 Å². The second-order valence-electron chi connectivity index (χ2n) is 6.91. The quantitative estimate of drug-likeness (QED) is 0.565. The normalized spacial score (nSPS) is 12.0. The van der Waals surface area contributed by atoms with Crippen LogP contribution in [0.4, 0.5) is 11.4 Å². The number of nitrogens with one attached hydrogen (secondary N) is 1. The lowest BCUT2D eigenvalue weighted by Gasteiger charge is -2.18. The van der Waals surface area contributed by atoms with Crippen LogP contribution in [0.25, 0.3) is 0 Å². The molecule has 0 saturated heterocycles. The maximum Gasteiger partial charge on any atom is 0.265 e. The molecule has 1 unspecified atom stereocenters. The van der Waals surface area contributed by atoms with Crippen molar-refractivity contribution in [2.24, 2.45) is 0 Å². The molecular weight excluding hydrogens is 416 g/mol. The summed E-state index contributed by atoms with van der Waals surface area (Å²) in [7, 11) is -1.87. The molecule has 0 bridgehead atoms. The minimum atomic E-state index is -3.34. The van der Waals surface area contributed by atoms with E-state index in [0.29, 0.717) is 22.9 Å². The highest BCUT2D eigenvalue weighted by Crippen LogP contribution is 2.24. The second-order valence-corrected chi connectivity index (χ2v) is 8.93. The first-order valence-electron chi connectivity index (χ1n) is 9.57. The molecule has 1 atom stereocenters. The molecule has 0 radical (unpaired) electrons. The van der Waals surface area contributed by atoms with Crippen molar-refractivity contribution in [2.75, 3.05) is 22.9 Å². The highest BCUT2D eigenvalue weighted by molar-refractivity contribution is 7.92. The summed E-state index contributed by atoms with van der Waals surface area (Å²) in [6.07, 6.45) is 0.378. The van der Waals surface area contributed by atoms with Gasteiger partial charge < -0.3 is 14.8 Å². The number of benzene rings is 3. The molecule has 0 heterocycles. The lowest BCUT2D eigenvalue weighted by atomic mass is 10.2. The van der Waals surface area contributed by atoms with E-state index in [2.05, 4.69) is 5.32 Å². The fraction of sp³-hybridized carbons (Fsp3) is 0.174. The summed E-state index contributed by atoms with van der Waals surface area (Å²) in [6.45, 7) is 1.64. The molecule has 8 heteroatoms. The summed E-state index contributed by atoms with van der Waals surface area (Å²) in [5.41, 5.74) is 1.12. The third-order valence-electron chi connectivity index (χ3n) is 4.48. The van der Waals surface area contributed by atoms with Crippen LogP contribution in [0.1, 0.15) is 6.92 Å². The Morgan fingerprint density at radius 1 is 0.871 bits per heavy atom. The number of rotatable bonds is 8. The maximum atomic E-state index is 12.4. The number of hydrogen-bond acceptors (Lipinski definition) is 5. The number of para-hydroxylation sites is 1. The van der Waals surface area contributed by atoms with Gasteiger partial charge >= 0.3 is 0 Å². The maximum absolute atomic E-state index is 12.4. The van der Waals surface area contributed by atoms with Crippen LogP contribution in [-0.4, -0.2) is 33.7 Å². The minimum Gasteiger partial charge on any atom is -0.481 e. The molecule has 1 amide bonds. The Labute approximate surface area is 182 Å². The van der Waals surface area contributed by atoms with E-state index in [1.807, 2.05) is 30.3 Å². The first kappa shape index (κ1) is 22.2. The molecule has 31 heavy (non-hydrogen) atoms. The summed E-state index contributed by atoms with van der Waals surface area (Å²) >= 11 is 0. The molecule has 0 aromatic heterocycles. The molecule has 162 valence electrons. The van der Waals surface area contributed by atoms with Gasteiger partial charge in [0.1, 0.15) is 17.2 Å². The zero-order valence-electron chi connectivity index (χ0n) is 17.5. The monoisotopic (exact) mass is 440 g/mol. The standard InChI is InChI=1S/C23H24N2O5S/c1-17(29-21-15-11-19(12-16-21)25(2)31(3,27)28)23(26)24-18-9-13-22(14-10-18)30-20-7-5-4-6-8-20/h4-17H,1-3H3,(H,24,26). The van der Waals surface area contributed by atoms with E-state index >= 15 is 0 Å². The third-order valence-corrected chi connectivity index (χ3v) is 5.69. The topological polar surface area (TPSA) is 84.9 Å². The molecule has 0 fully saturated rings. The van der Waals surface area contributed by atoms with Crippen LogP contribution in [-0.2, 0) is 14.8 Å². The van der Waals surface area contributed by atoms with Crippen molar-refractivity contribution >= 4 is 27.3 Å². The van der Waals surface area contributed by atoms with Crippen LogP contribution < -0.4 is 19.1 Å². The van der Waals surface area contributed by atoms with Gasteiger partial charge in [0.05, 0.1) is 11.9 Å². The molecule has 3 aromatic carbocycles. The summed E-state index contributed by atoms with van der Waals surface area (Å²) in [4.78, 5) is 12.4. The van der Waals surface area contributed by atoms with E-state index in [1.165, 1.54) is 7.05 Å². The molecule has 0 spiro atoms. The number of nitrogens with zero attached hydrogens (tertiary/aromatic N) is 1. The van der Waals surface area contributed by atoms with Crippen molar-refractivity contribution < 1.29 is 22.7 Å². The number of anilines is 2. The molecular formula is C23H24N2O5S. The van der Waals surface area contributed by atoms with Crippen LogP contribution in [0.2, 0.25) is 0 Å². The minimum absolute atomic E-state index is 0.311. The Balaban J connectivity index is 1.55. The van der Waals surface area contributed by atoms with E-state index in [4.69, 9.17) is 9.47 Å². The molecule has 0 aliphatic rings. The molecule has 0 aliphatic heterocycles. The van der Waals surface area contributed by atoms with Crippen LogP contribution in [0.3, 0.4) is 0 Å². The molecule has 1 N–H and O–H groups in total. The van der Waals surface area contributed by atoms with Gasteiger partial charge in [0.25, 0.3) is 5.91 Å². The van der Waals surface area contributed by atoms with E-state index < -0.39 is 16.1 Å². The van der Waals surface area contributed by atoms with Gasteiger partial charge in [0.2, 0.25) is 10.0 Å². The highest BCUT2D eigenvalue weighted by atomic mass is 32.2. The zero-order chi connectivity index (χ0) is 22.4. The Kier molecular flexibility index (Phi) is 6.81. The molecule has 3 aromatic rings. The predicted molar refractivity (Wildman–Crippen MR) is 121 cm³/mol. The van der Waals surface area contributed by atoms with Crippen molar-refractivity contribution in [3.05, 3.63) is 78.9 Å². The first-order chi connectivity index (χ1) is 14.7. The van der Waals surface area contributed by atoms with Gasteiger partial charge in [0, 0.05) is 12.7 Å². The van der Waals surface area contributed by atoms with Gasteiger partial charge in [-0.05, 0) is 67.6 Å². The second kappa shape index (κ2) is 9.53. The van der Waals surface area contributed by atoms with E-state index in [0.717, 1.165) is 16.3 Å². The van der Waals surface area contributed by atoms with Gasteiger partial charge in [-0.25, -0.2) is 8.42 Å². The smallest absolute Gasteiger partial charge is 0.265 e. The lowest BCUT2D eigenvalue weighted by molar-refractivity contribution is -0.122. The number of carbonyl (C=O) groups excluding carboxylic acids is 1. The number of hydrogen-bond donors (Lipinski definition) is 1. The van der Waals surface area contributed by atoms with E-state index in [-0.39, 0.29) is 5.91 Å². The molecule has 0 aliphatic carbocycles. The van der Waals surface area contributed by atoms with Gasteiger partial charge in [0.15, 0.2) is 6.10 Å². The third kappa shape index (κ3) is 6.23. The van der Waals surface area contributed by atoms with Crippen LogP contribution >= 0.6 is 0 Å². The Bertz CT molecular complexity index is 1110. The Morgan fingerprint density at radius 2 is 1.42 bits per heavy atom. The summed E-state index contributed by atoms with van der Waals surface area (Å²) in [5, 5.41) is 2.80. The first-order valence-corrected chi connectivity index (χ1v) is 11.4. The lowest BCUT2D eigenvalue weighted by Crippen LogP contribution is -2.30. The van der Waals surface area contributed by atoms with Crippen molar-refractivity contribution in [3.63, 3.8) is 0 Å². The summed E-state index contributed by atoms with van der Waals surface area (Å²) in [6, 6.07) is 22.9. The SMILES string of the molecule is CC(Oc1ccc(N(C)S(C)(=O)=O)cc1)C(=O)Nc1ccc(Oc2ccccc2)cc1. The molecule has 7 nitrogen and oxygen atoms in total. The van der Waals surface area contributed by atoms with Crippen molar-refractivity contribution in [2.45, 2.75) is 13.0 Å². The van der Waals surface area contributed by atoms with Crippen molar-refractivity contribution in [3.8, 4) is 17.2 Å². The van der Waals surface area contributed by atoms with E-state index in [1.54, 1.807) is 55.5 Å². The van der Waals surface area contributed by atoms with Gasteiger partial charge in [-0.15, -0.1) is 0 Å². The summed E-state index contributed by atoms with van der Waals surface area (Å²) < 4.78 is 35.8. The fourth-order valence-corrected chi connectivity index (χ4v) is 3.16. The predicted octanol–water partition coefficient (Wildman–Crippen LogP) is 4.28. The van der Waals surface area contributed by atoms with Crippen molar-refractivity contribution in [1.82, 2.24) is 0 Å². The van der Waals surface area contributed by atoms with Gasteiger partial charge in [-0.1, -0.05) is 18.2 Å². The van der Waals surface area contributed by atoms with Gasteiger partial charge in [-0.2, -0.15) is 0 Å². The highest BCUT2D eigenvalue weighted by Gasteiger charge is 2.16. The number of ether oxygens (including phenoxy) is 2. The Hall–Kier alpha value is -3.52.